The first-order valence-corrected chi connectivity index (χ1v) is 9.88. The second kappa shape index (κ2) is 8.55. The van der Waals surface area contributed by atoms with Crippen molar-refractivity contribution in [3.05, 3.63) is 42.5 Å². The van der Waals surface area contributed by atoms with Crippen LogP contribution in [-0.4, -0.2) is 51.8 Å². The highest BCUT2D eigenvalue weighted by molar-refractivity contribution is 6.06. The molecule has 1 N–H and O–H groups in total. The van der Waals surface area contributed by atoms with E-state index < -0.39 is 12.0 Å². The van der Waals surface area contributed by atoms with Gasteiger partial charge >= 0.3 is 6.09 Å². The summed E-state index contributed by atoms with van der Waals surface area (Å²) in [5.41, 5.74) is 1.65. The third kappa shape index (κ3) is 3.98. The van der Waals surface area contributed by atoms with Crippen LogP contribution in [0.3, 0.4) is 0 Å². The highest BCUT2D eigenvalue weighted by Crippen LogP contribution is 2.36. The molecule has 0 aliphatic carbocycles. The molecule has 1 atom stereocenters. The fourth-order valence-corrected chi connectivity index (χ4v) is 3.79. The van der Waals surface area contributed by atoms with E-state index in [0.29, 0.717) is 41.7 Å². The molecule has 0 aromatic heterocycles. The molecule has 4 rings (SSSR count). The van der Waals surface area contributed by atoms with Gasteiger partial charge in [0.2, 0.25) is 11.8 Å². The number of cyclic esters (lactones) is 1. The first-order chi connectivity index (χ1) is 15.0. The van der Waals surface area contributed by atoms with Crippen molar-refractivity contribution in [1.82, 2.24) is 0 Å². The van der Waals surface area contributed by atoms with Crippen molar-refractivity contribution >= 4 is 35.0 Å². The number of carbonyl (C=O) groups is 3. The molecule has 0 saturated carbocycles. The van der Waals surface area contributed by atoms with E-state index >= 15 is 0 Å². The molecule has 9 heteroatoms. The molecule has 162 valence electrons. The molecule has 2 aliphatic heterocycles. The summed E-state index contributed by atoms with van der Waals surface area (Å²) in [7, 11) is 3.07. The lowest BCUT2D eigenvalue weighted by Crippen LogP contribution is -2.29. The predicted octanol–water partition coefficient (Wildman–Crippen LogP) is 2.65. The first-order valence-electron chi connectivity index (χ1n) is 9.88. The lowest BCUT2D eigenvalue weighted by Gasteiger charge is -2.21. The Bertz CT molecular complexity index is 1020. The third-order valence-electron chi connectivity index (χ3n) is 5.39. The molecule has 31 heavy (non-hydrogen) atoms. The van der Waals surface area contributed by atoms with Crippen LogP contribution in [0.15, 0.2) is 42.5 Å². The number of benzene rings is 2. The van der Waals surface area contributed by atoms with Gasteiger partial charge in [-0.15, -0.1) is 0 Å². The number of amides is 3. The summed E-state index contributed by atoms with van der Waals surface area (Å²) < 4.78 is 15.6. The Labute approximate surface area is 179 Å². The molecular formula is C22H23N3O6. The quantitative estimate of drug-likeness (QED) is 0.764. The number of para-hydroxylation sites is 2. The van der Waals surface area contributed by atoms with E-state index in [0.717, 1.165) is 0 Å². The topological polar surface area (TPSA) is 97.4 Å². The Balaban J connectivity index is 1.51. The van der Waals surface area contributed by atoms with Crippen LogP contribution in [-0.2, 0) is 14.3 Å². The number of hydrogen-bond donors (Lipinski definition) is 1. The van der Waals surface area contributed by atoms with E-state index in [-0.39, 0.29) is 24.8 Å². The van der Waals surface area contributed by atoms with E-state index in [9.17, 15) is 14.4 Å². The zero-order valence-electron chi connectivity index (χ0n) is 17.3. The van der Waals surface area contributed by atoms with Crippen molar-refractivity contribution in [3.63, 3.8) is 0 Å². The van der Waals surface area contributed by atoms with Gasteiger partial charge in [0.1, 0.15) is 18.1 Å². The normalized spacial score (nSPS) is 18.2. The summed E-state index contributed by atoms with van der Waals surface area (Å²) in [5, 5.41) is 2.87. The maximum Gasteiger partial charge on any atom is 0.414 e. The maximum atomic E-state index is 13.0. The summed E-state index contributed by atoms with van der Waals surface area (Å²) in [4.78, 5) is 40.6. The smallest absolute Gasteiger partial charge is 0.414 e. The van der Waals surface area contributed by atoms with Crippen LogP contribution < -0.4 is 24.6 Å². The fraction of sp³-hybridized carbons (Fsp3) is 0.318. The molecule has 9 nitrogen and oxygen atoms in total. The summed E-state index contributed by atoms with van der Waals surface area (Å²) in [5.74, 6) is 0.103. The lowest BCUT2D eigenvalue weighted by atomic mass is 10.1. The van der Waals surface area contributed by atoms with Crippen LogP contribution in [0.1, 0.15) is 6.42 Å². The average molecular weight is 425 g/mol. The Morgan fingerprint density at radius 3 is 2.58 bits per heavy atom. The van der Waals surface area contributed by atoms with Crippen LogP contribution in [0, 0.1) is 5.92 Å². The number of ether oxygens (including phenoxy) is 3. The number of nitrogens with one attached hydrogen (secondary N) is 1. The zero-order chi connectivity index (χ0) is 22.0. The van der Waals surface area contributed by atoms with Crippen LogP contribution >= 0.6 is 0 Å². The molecule has 3 amide bonds. The van der Waals surface area contributed by atoms with E-state index in [1.165, 1.54) is 12.0 Å². The lowest BCUT2D eigenvalue weighted by molar-refractivity contribution is -0.122. The Hall–Kier alpha value is -3.75. The summed E-state index contributed by atoms with van der Waals surface area (Å²) in [6.45, 7) is 0.941. The minimum atomic E-state index is -0.544. The van der Waals surface area contributed by atoms with Gasteiger partial charge in [0.25, 0.3) is 0 Å². The SMILES string of the molecule is COc1ccc(N2CC(C(=O)Nc3ccccc3N3CCOC3=O)CC2=O)c(OC)c1. The van der Waals surface area contributed by atoms with E-state index in [2.05, 4.69) is 5.32 Å². The maximum absolute atomic E-state index is 13.0. The second-order valence-electron chi connectivity index (χ2n) is 7.22. The Kier molecular flexibility index (Phi) is 5.66. The minimum Gasteiger partial charge on any atom is -0.497 e. The predicted molar refractivity (Wildman–Crippen MR) is 114 cm³/mol. The average Bonchev–Trinajstić information content (AvgIpc) is 3.39. The van der Waals surface area contributed by atoms with E-state index in [4.69, 9.17) is 14.2 Å². The summed E-state index contributed by atoms with van der Waals surface area (Å²) in [6, 6.07) is 12.2. The monoisotopic (exact) mass is 425 g/mol. The first kappa shape index (κ1) is 20.5. The molecule has 1 unspecified atom stereocenters. The zero-order valence-corrected chi connectivity index (χ0v) is 17.3. The van der Waals surface area contributed by atoms with Gasteiger partial charge in [0.05, 0.1) is 43.7 Å². The minimum absolute atomic E-state index is 0.0783. The molecule has 0 bridgehead atoms. The molecule has 2 saturated heterocycles. The number of hydrogen-bond acceptors (Lipinski definition) is 6. The van der Waals surface area contributed by atoms with E-state index in [1.54, 1.807) is 54.5 Å². The van der Waals surface area contributed by atoms with Crippen molar-refractivity contribution in [1.29, 1.82) is 0 Å². The summed E-state index contributed by atoms with van der Waals surface area (Å²) in [6.07, 6.45) is -0.370. The fourth-order valence-electron chi connectivity index (χ4n) is 3.79. The Morgan fingerprint density at radius 1 is 1.06 bits per heavy atom. The van der Waals surface area contributed by atoms with Gasteiger partial charge in [-0.3, -0.25) is 14.5 Å². The van der Waals surface area contributed by atoms with E-state index in [1.807, 2.05) is 0 Å². The van der Waals surface area contributed by atoms with Gasteiger partial charge in [0.15, 0.2) is 0 Å². The van der Waals surface area contributed by atoms with Gasteiger partial charge in [-0.05, 0) is 24.3 Å². The van der Waals surface area contributed by atoms with Crippen LogP contribution in [0.25, 0.3) is 0 Å². The summed E-state index contributed by atoms with van der Waals surface area (Å²) >= 11 is 0. The molecule has 0 spiro atoms. The van der Waals surface area contributed by atoms with Crippen molar-refractivity contribution in [2.75, 3.05) is 49.0 Å². The largest absolute Gasteiger partial charge is 0.497 e. The number of carbonyl (C=O) groups excluding carboxylic acids is 3. The molecule has 2 fully saturated rings. The molecule has 2 heterocycles. The highest BCUT2D eigenvalue weighted by Gasteiger charge is 2.37. The van der Waals surface area contributed by atoms with Crippen LogP contribution in [0.2, 0.25) is 0 Å². The van der Waals surface area contributed by atoms with Crippen molar-refractivity contribution < 1.29 is 28.6 Å². The molecule has 2 aliphatic rings. The van der Waals surface area contributed by atoms with Crippen LogP contribution in [0.5, 0.6) is 11.5 Å². The molecule has 2 aromatic rings. The van der Waals surface area contributed by atoms with Gasteiger partial charge in [0, 0.05) is 19.0 Å². The molecular weight excluding hydrogens is 402 g/mol. The highest BCUT2D eigenvalue weighted by atomic mass is 16.6. The van der Waals surface area contributed by atoms with Crippen molar-refractivity contribution in [2.45, 2.75) is 6.42 Å². The second-order valence-corrected chi connectivity index (χ2v) is 7.22. The number of nitrogens with zero attached hydrogens (tertiary/aromatic N) is 2. The third-order valence-corrected chi connectivity index (χ3v) is 5.39. The van der Waals surface area contributed by atoms with Crippen molar-refractivity contribution in [3.8, 4) is 11.5 Å². The number of rotatable bonds is 6. The van der Waals surface area contributed by atoms with Gasteiger partial charge in [-0.1, -0.05) is 12.1 Å². The van der Waals surface area contributed by atoms with Gasteiger partial charge < -0.3 is 24.4 Å². The van der Waals surface area contributed by atoms with Crippen molar-refractivity contribution in [2.24, 2.45) is 5.92 Å². The number of anilines is 3. The van der Waals surface area contributed by atoms with Crippen LogP contribution in [0.4, 0.5) is 21.9 Å². The number of methoxy groups -OCH3 is 2. The van der Waals surface area contributed by atoms with Gasteiger partial charge in [-0.25, -0.2) is 4.79 Å². The molecule has 2 aromatic carbocycles. The molecule has 0 radical (unpaired) electrons. The van der Waals surface area contributed by atoms with Gasteiger partial charge in [-0.2, -0.15) is 0 Å². The Morgan fingerprint density at radius 2 is 1.87 bits per heavy atom. The standard InChI is InChI=1S/C22H23N3O6/c1-29-15-7-8-18(19(12-15)30-2)25-13-14(11-20(25)26)21(27)23-16-5-3-4-6-17(16)24-9-10-31-22(24)28/h3-8,12,14H,9-11,13H2,1-2H3,(H,23,27).